The lowest BCUT2D eigenvalue weighted by Crippen LogP contribution is -2.36. The maximum Gasteiger partial charge on any atom is 0.330 e. The number of aromatic nitrogens is 3. The number of fused-ring (bicyclic) bond motifs is 1. The largest absolute Gasteiger partial charge is 0.342 e. The molecule has 1 aliphatic carbocycles. The second kappa shape index (κ2) is 6.87. The monoisotopic (exact) mass is 365 g/mol. The van der Waals surface area contributed by atoms with Crippen LogP contribution in [0, 0.1) is 6.92 Å². The molecule has 0 saturated heterocycles. The molecular weight excluding hydrogens is 338 g/mol. The van der Waals surface area contributed by atoms with E-state index in [4.69, 9.17) is 0 Å². The molecule has 1 fully saturated rings. The Hall–Kier alpha value is -2.56. The number of hydrogen-bond donors (Lipinski definition) is 0. The molecule has 5 heteroatoms. The first-order valence-corrected chi connectivity index (χ1v) is 9.86. The summed E-state index contributed by atoms with van der Waals surface area (Å²) in [5.41, 5.74) is 3.42. The molecule has 0 radical (unpaired) electrons. The number of rotatable bonds is 2. The van der Waals surface area contributed by atoms with Crippen molar-refractivity contribution in [3.8, 4) is 11.3 Å². The van der Waals surface area contributed by atoms with Gasteiger partial charge in [-0.1, -0.05) is 55.5 Å². The van der Waals surface area contributed by atoms with Crippen molar-refractivity contribution in [1.29, 1.82) is 0 Å². The van der Waals surface area contributed by atoms with Crippen LogP contribution in [-0.2, 0) is 14.1 Å². The minimum Gasteiger partial charge on any atom is -0.342 e. The van der Waals surface area contributed by atoms with E-state index in [9.17, 15) is 9.59 Å². The van der Waals surface area contributed by atoms with Crippen molar-refractivity contribution < 1.29 is 0 Å². The SMILES string of the molecule is Cc1ccc(-c2c3c(=O)n(C)c(=O)n(C)c3cn2C2CCCCCC2)cc1. The molecule has 0 amide bonds. The van der Waals surface area contributed by atoms with Crippen LogP contribution in [0.5, 0.6) is 0 Å². The Kier molecular flexibility index (Phi) is 4.54. The summed E-state index contributed by atoms with van der Waals surface area (Å²) in [4.78, 5) is 25.5. The molecule has 2 aromatic heterocycles. The number of benzene rings is 1. The molecule has 0 unspecified atom stereocenters. The third-order valence-corrected chi connectivity index (χ3v) is 6.01. The van der Waals surface area contributed by atoms with E-state index in [-0.39, 0.29) is 11.2 Å². The van der Waals surface area contributed by atoms with Gasteiger partial charge in [0.1, 0.15) is 0 Å². The number of nitrogens with zero attached hydrogens (tertiary/aromatic N) is 3. The molecule has 0 spiro atoms. The van der Waals surface area contributed by atoms with Crippen LogP contribution in [0.2, 0.25) is 0 Å². The van der Waals surface area contributed by atoms with Gasteiger partial charge < -0.3 is 4.57 Å². The summed E-state index contributed by atoms with van der Waals surface area (Å²) < 4.78 is 5.10. The quantitative estimate of drug-likeness (QED) is 0.647. The first-order valence-electron chi connectivity index (χ1n) is 9.86. The summed E-state index contributed by atoms with van der Waals surface area (Å²) in [5.74, 6) is 0. The lowest BCUT2D eigenvalue weighted by molar-refractivity contribution is 0.450. The predicted octanol–water partition coefficient (Wildman–Crippen LogP) is 3.91. The first-order chi connectivity index (χ1) is 13.0. The van der Waals surface area contributed by atoms with Gasteiger partial charge in [0.15, 0.2) is 0 Å². The van der Waals surface area contributed by atoms with Crippen molar-refractivity contribution in [3.05, 3.63) is 56.9 Å². The van der Waals surface area contributed by atoms with E-state index in [2.05, 4.69) is 35.8 Å². The van der Waals surface area contributed by atoms with Crippen LogP contribution in [0.25, 0.3) is 22.2 Å². The van der Waals surface area contributed by atoms with Crippen molar-refractivity contribution in [1.82, 2.24) is 13.7 Å². The Morgan fingerprint density at radius 1 is 0.889 bits per heavy atom. The van der Waals surface area contributed by atoms with Gasteiger partial charge in [-0.25, -0.2) is 4.79 Å². The fourth-order valence-corrected chi connectivity index (χ4v) is 4.39. The summed E-state index contributed by atoms with van der Waals surface area (Å²) in [6.07, 6.45) is 9.24. The summed E-state index contributed by atoms with van der Waals surface area (Å²) >= 11 is 0. The average molecular weight is 365 g/mol. The Labute approximate surface area is 158 Å². The zero-order valence-corrected chi connectivity index (χ0v) is 16.4. The van der Waals surface area contributed by atoms with E-state index in [1.54, 1.807) is 18.7 Å². The van der Waals surface area contributed by atoms with Gasteiger partial charge in [0.05, 0.1) is 16.6 Å². The van der Waals surface area contributed by atoms with Crippen LogP contribution in [0.15, 0.2) is 40.1 Å². The highest BCUT2D eigenvalue weighted by Crippen LogP contribution is 2.36. The molecule has 0 bridgehead atoms. The summed E-state index contributed by atoms with van der Waals surface area (Å²) in [7, 11) is 3.31. The average Bonchev–Trinajstić information content (AvgIpc) is 2.86. The van der Waals surface area contributed by atoms with Crippen LogP contribution in [-0.4, -0.2) is 13.7 Å². The highest BCUT2D eigenvalue weighted by molar-refractivity contribution is 5.93. The summed E-state index contributed by atoms with van der Waals surface area (Å²) in [6.45, 7) is 2.06. The second-order valence-corrected chi connectivity index (χ2v) is 7.86. The van der Waals surface area contributed by atoms with Crippen LogP contribution in [0.4, 0.5) is 0 Å². The minimum atomic E-state index is -0.277. The van der Waals surface area contributed by atoms with Crippen molar-refractivity contribution >= 4 is 10.9 Å². The molecule has 27 heavy (non-hydrogen) atoms. The van der Waals surface area contributed by atoms with E-state index in [1.165, 1.54) is 35.8 Å². The van der Waals surface area contributed by atoms with Crippen molar-refractivity contribution in [2.45, 2.75) is 51.5 Å². The Morgan fingerprint density at radius 3 is 2.15 bits per heavy atom. The molecule has 2 heterocycles. The van der Waals surface area contributed by atoms with E-state index in [0.717, 1.165) is 29.6 Å². The van der Waals surface area contributed by atoms with Crippen LogP contribution in [0.3, 0.4) is 0 Å². The van der Waals surface area contributed by atoms with Crippen molar-refractivity contribution in [2.75, 3.05) is 0 Å². The highest BCUT2D eigenvalue weighted by atomic mass is 16.2. The molecule has 1 aromatic carbocycles. The van der Waals surface area contributed by atoms with E-state index < -0.39 is 0 Å². The molecule has 5 nitrogen and oxygen atoms in total. The molecule has 1 aliphatic rings. The van der Waals surface area contributed by atoms with Crippen molar-refractivity contribution in [3.63, 3.8) is 0 Å². The number of aryl methyl sites for hydroxylation is 2. The summed E-state index contributed by atoms with van der Waals surface area (Å²) in [6, 6.07) is 8.70. The van der Waals surface area contributed by atoms with Gasteiger partial charge in [-0.15, -0.1) is 0 Å². The fraction of sp³-hybridized carbons (Fsp3) is 0.455. The molecule has 0 N–H and O–H groups in total. The maximum atomic E-state index is 13.1. The zero-order chi connectivity index (χ0) is 19.1. The molecule has 0 aliphatic heterocycles. The third kappa shape index (κ3) is 2.95. The van der Waals surface area contributed by atoms with Crippen LogP contribution < -0.4 is 11.2 Å². The molecule has 3 aromatic rings. The van der Waals surface area contributed by atoms with Gasteiger partial charge in [-0.05, 0) is 25.3 Å². The Morgan fingerprint density at radius 2 is 1.52 bits per heavy atom. The third-order valence-electron chi connectivity index (χ3n) is 6.01. The van der Waals surface area contributed by atoms with Gasteiger partial charge in [-0.2, -0.15) is 0 Å². The normalized spacial score (nSPS) is 16.0. The van der Waals surface area contributed by atoms with Crippen molar-refractivity contribution in [2.24, 2.45) is 14.1 Å². The van der Waals surface area contributed by atoms with Gasteiger partial charge in [-0.3, -0.25) is 13.9 Å². The minimum absolute atomic E-state index is 0.212. The number of hydrogen-bond acceptors (Lipinski definition) is 2. The lowest BCUT2D eigenvalue weighted by Gasteiger charge is -2.20. The Bertz CT molecular complexity index is 1090. The van der Waals surface area contributed by atoms with Gasteiger partial charge in [0.25, 0.3) is 5.56 Å². The highest BCUT2D eigenvalue weighted by Gasteiger charge is 2.24. The molecule has 1 saturated carbocycles. The standard InChI is InChI=1S/C22H27N3O2/c1-15-10-12-16(13-11-15)20-19-18(23(2)22(27)24(3)21(19)26)14-25(20)17-8-6-4-5-7-9-17/h10-14,17H,4-9H2,1-3H3. The molecular formula is C22H27N3O2. The smallest absolute Gasteiger partial charge is 0.330 e. The van der Waals surface area contributed by atoms with Gasteiger partial charge in [0, 0.05) is 26.3 Å². The molecule has 4 rings (SSSR count). The van der Waals surface area contributed by atoms with E-state index >= 15 is 0 Å². The van der Waals surface area contributed by atoms with Gasteiger partial charge >= 0.3 is 5.69 Å². The lowest BCUT2D eigenvalue weighted by atomic mass is 10.0. The van der Waals surface area contributed by atoms with Crippen LogP contribution >= 0.6 is 0 Å². The van der Waals surface area contributed by atoms with E-state index in [0.29, 0.717) is 11.4 Å². The first kappa shape index (κ1) is 17.8. The topological polar surface area (TPSA) is 48.9 Å². The Balaban J connectivity index is 2.07. The van der Waals surface area contributed by atoms with Gasteiger partial charge in [0.2, 0.25) is 0 Å². The summed E-state index contributed by atoms with van der Waals surface area (Å²) in [5, 5.41) is 0.646. The zero-order valence-electron chi connectivity index (χ0n) is 16.4. The molecule has 142 valence electrons. The van der Waals surface area contributed by atoms with Crippen LogP contribution in [0.1, 0.15) is 50.1 Å². The maximum absolute atomic E-state index is 13.1. The predicted molar refractivity (Wildman–Crippen MR) is 109 cm³/mol. The fourth-order valence-electron chi connectivity index (χ4n) is 4.39. The van der Waals surface area contributed by atoms with E-state index in [1.807, 2.05) is 6.20 Å². The molecule has 0 atom stereocenters. The second-order valence-electron chi connectivity index (χ2n) is 7.86.